The van der Waals surface area contributed by atoms with E-state index in [1.165, 1.54) is 0 Å². The molecule has 1 N–H and O–H groups in total. The third kappa shape index (κ3) is 2.20. The van der Waals surface area contributed by atoms with Crippen LogP contribution in [0.1, 0.15) is 15.9 Å². The lowest BCUT2D eigenvalue weighted by molar-refractivity contribution is 0.0697. The molecular formula is C15H12N2O2. The van der Waals surface area contributed by atoms with Gasteiger partial charge in [0.2, 0.25) is 0 Å². The van der Waals surface area contributed by atoms with E-state index in [4.69, 9.17) is 5.11 Å². The van der Waals surface area contributed by atoms with Crippen LogP contribution >= 0.6 is 0 Å². The molecule has 0 saturated carbocycles. The molecule has 0 aliphatic rings. The van der Waals surface area contributed by atoms with Crippen molar-refractivity contribution in [3.05, 3.63) is 66.1 Å². The van der Waals surface area contributed by atoms with Gasteiger partial charge in [0.05, 0.1) is 5.56 Å². The fraction of sp³-hybridized carbons (Fsp3) is 0.0667. The molecule has 2 aromatic heterocycles. The van der Waals surface area contributed by atoms with Gasteiger partial charge < -0.3 is 9.67 Å². The number of rotatable bonds is 3. The summed E-state index contributed by atoms with van der Waals surface area (Å²) in [5.41, 5.74) is 2.45. The SMILES string of the molecule is O=C(O)c1ccc2c(ccn2Cc2cccnc2)c1. The summed E-state index contributed by atoms with van der Waals surface area (Å²) in [4.78, 5) is 15.0. The zero-order valence-corrected chi connectivity index (χ0v) is 10.2. The number of benzene rings is 1. The van der Waals surface area contributed by atoms with Crippen LogP contribution in [0.25, 0.3) is 10.9 Å². The van der Waals surface area contributed by atoms with Crippen molar-refractivity contribution in [1.82, 2.24) is 9.55 Å². The van der Waals surface area contributed by atoms with Gasteiger partial charge in [-0.2, -0.15) is 0 Å². The van der Waals surface area contributed by atoms with Crippen molar-refractivity contribution in [3.8, 4) is 0 Å². The highest BCUT2D eigenvalue weighted by atomic mass is 16.4. The number of hydrogen-bond donors (Lipinski definition) is 1. The Bertz CT molecular complexity index is 732. The van der Waals surface area contributed by atoms with E-state index in [9.17, 15) is 4.79 Å². The second kappa shape index (κ2) is 4.57. The largest absolute Gasteiger partial charge is 0.478 e. The van der Waals surface area contributed by atoms with E-state index < -0.39 is 5.97 Å². The summed E-state index contributed by atoms with van der Waals surface area (Å²) in [6, 6.07) is 11.0. The molecule has 0 atom stereocenters. The summed E-state index contributed by atoms with van der Waals surface area (Å²) in [5, 5.41) is 9.91. The molecule has 3 rings (SSSR count). The summed E-state index contributed by atoms with van der Waals surface area (Å²) in [6.07, 6.45) is 5.54. The number of fused-ring (bicyclic) bond motifs is 1. The van der Waals surface area contributed by atoms with Gasteiger partial charge in [-0.05, 0) is 35.9 Å². The molecule has 3 aromatic rings. The van der Waals surface area contributed by atoms with E-state index in [2.05, 4.69) is 9.55 Å². The molecule has 4 nitrogen and oxygen atoms in total. The number of nitrogens with zero attached hydrogens (tertiary/aromatic N) is 2. The first-order valence-electron chi connectivity index (χ1n) is 5.95. The van der Waals surface area contributed by atoms with Gasteiger partial charge in [0, 0.05) is 36.0 Å². The average Bonchev–Trinajstić information content (AvgIpc) is 2.82. The van der Waals surface area contributed by atoms with E-state index in [1.807, 2.05) is 36.7 Å². The van der Waals surface area contributed by atoms with Crippen molar-refractivity contribution in [1.29, 1.82) is 0 Å². The molecule has 0 unspecified atom stereocenters. The van der Waals surface area contributed by atoms with E-state index in [-0.39, 0.29) is 0 Å². The predicted octanol–water partition coefficient (Wildman–Crippen LogP) is 2.78. The molecule has 19 heavy (non-hydrogen) atoms. The third-order valence-electron chi connectivity index (χ3n) is 3.09. The third-order valence-corrected chi connectivity index (χ3v) is 3.09. The molecule has 0 radical (unpaired) electrons. The molecule has 0 aliphatic heterocycles. The Hall–Kier alpha value is -2.62. The Morgan fingerprint density at radius 1 is 1.26 bits per heavy atom. The number of pyridine rings is 1. The van der Waals surface area contributed by atoms with Gasteiger partial charge in [0.1, 0.15) is 0 Å². The molecule has 0 fully saturated rings. The number of carboxylic acids is 1. The first kappa shape index (κ1) is 11.5. The fourth-order valence-electron chi connectivity index (χ4n) is 2.16. The quantitative estimate of drug-likeness (QED) is 0.779. The van der Waals surface area contributed by atoms with Crippen LogP contribution < -0.4 is 0 Å². The fourth-order valence-corrected chi connectivity index (χ4v) is 2.16. The monoisotopic (exact) mass is 252 g/mol. The summed E-state index contributed by atoms with van der Waals surface area (Å²) >= 11 is 0. The Morgan fingerprint density at radius 3 is 2.89 bits per heavy atom. The lowest BCUT2D eigenvalue weighted by Crippen LogP contribution is -1.99. The number of aromatic nitrogens is 2. The van der Waals surface area contributed by atoms with Crippen molar-refractivity contribution < 1.29 is 9.90 Å². The van der Waals surface area contributed by atoms with E-state index in [1.54, 1.807) is 18.3 Å². The predicted molar refractivity (Wildman–Crippen MR) is 72.2 cm³/mol. The van der Waals surface area contributed by atoms with Gasteiger partial charge >= 0.3 is 5.97 Å². The second-order valence-corrected chi connectivity index (χ2v) is 4.38. The minimum atomic E-state index is -0.901. The van der Waals surface area contributed by atoms with Crippen molar-refractivity contribution >= 4 is 16.9 Å². The molecule has 0 saturated heterocycles. The van der Waals surface area contributed by atoms with Crippen LogP contribution in [0, 0.1) is 0 Å². The maximum absolute atomic E-state index is 10.9. The second-order valence-electron chi connectivity index (χ2n) is 4.38. The van der Waals surface area contributed by atoms with E-state index in [0.29, 0.717) is 5.56 Å². The maximum Gasteiger partial charge on any atom is 0.335 e. The van der Waals surface area contributed by atoms with Crippen LogP contribution in [-0.4, -0.2) is 20.6 Å². The topological polar surface area (TPSA) is 55.1 Å². The van der Waals surface area contributed by atoms with Crippen LogP contribution in [0.3, 0.4) is 0 Å². The number of aromatic carboxylic acids is 1. The highest BCUT2D eigenvalue weighted by molar-refractivity contribution is 5.93. The normalized spacial score (nSPS) is 10.7. The zero-order chi connectivity index (χ0) is 13.2. The van der Waals surface area contributed by atoms with Crippen molar-refractivity contribution in [2.24, 2.45) is 0 Å². The number of hydrogen-bond acceptors (Lipinski definition) is 2. The highest BCUT2D eigenvalue weighted by Crippen LogP contribution is 2.19. The molecule has 2 heterocycles. The molecule has 0 amide bonds. The Morgan fingerprint density at radius 2 is 2.16 bits per heavy atom. The van der Waals surface area contributed by atoms with Crippen molar-refractivity contribution in [2.45, 2.75) is 6.54 Å². The maximum atomic E-state index is 10.9. The Balaban J connectivity index is 1.99. The molecule has 1 aromatic carbocycles. The van der Waals surface area contributed by atoms with E-state index in [0.717, 1.165) is 23.0 Å². The minimum Gasteiger partial charge on any atom is -0.478 e. The Labute approximate surface area is 109 Å². The highest BCUT2D eigenvalue weighted by Gasteiger charge is 2.06. The molecule has 0 aliphatic carbocycles. The van der Waals surface area contributed by atoms with Crippen molar-refractivity contribution in [2.75, 3.05) is 0 Å². The first-order valence-corrected chi connectivity index (χ1v) is 5.95. The van der Waals surface area contributed by atoms with E-state index >= 15 is 0 Å². The Kier molecular flexibility index (Phi) is 2.76. The van der Waals surface area contributed by atoms with Gasteiger partial charge in [0.15, 0.2) is 0 Å². The molecule has 0 bridgehead atoms. The van der Waals surface area contributed by atoms with Crippen LogP contribution in [0.2, 0.25) is 0 Å². The lowest BCUT2D eigenvalue weighted by atomic mass is 10.1. The summed E-state index contributed by atoms with van der Waals surface area (Å²) < 4.78 is 2.08. The van der Waals surface area contributed by atoms with Gasteiger partial charge in [-0.25, -0.2) is 4.79 Å². The van der Waals surface area contributed by atoms with Gasteiger partial charge in [-0.15, -0.1) is 0 Å². The summed E-state index contributed by atoms with van der Waals surface area (Å²) in [7, 11) is 0. The van der Waals surface area contributed by atoms with Gasteiger partial charge in [0.25, 0.3) is 0 Å². The summed E-state index contributed by atoms with van der Waals surface area (Å²) in [6.45, 7) is 0.726. The molecule has 4 heteroatoms. The summed E-state index contributed by atoms with van der Waals surface area (Å²) in [5.74, 6) is -0.901. The first-order chi connectivity index (χ1) is 9.24. The van der Waals surface area contributed by atoms with Crippen molar-refractivity contribution in [3.63, 3.8) is 0 Å². The van der Waals surface area contributed by atoms with Crippen LogP contribution in [0.5, 0.6) is 0 Å². The van der Waals surface area contributed by atoms with Crippen LogP contribution in [-0.2, 0) is 6.54 Å². The molecular weight excluding hydrogens is 240 g/mol. The van der Waals surface area contributed by atoms with Crippen LogP contribution in [0.15, 0.2) is 55.0 Å². The lowest BCUT2D eigenvalue weighted by Gasteiger charge is -2.05. The molecule has 94 valence electrons. The average molecular weight is 252 g/mol. The van der Waals surface area contributed by atoms with Crippen LogP contribution in [0.4, 0.5) is 0 Å². The smallest absolute Gasteiger partial charge is 0.335 e. The standard InChI is InChI=1S/C15H12N2O2/c18-15(19)13-3-4-14-12(8-13)5-7-17(14)10-11-2-1-6-16-9-11/h1-9H,10H2,(H,18,19). The number of carboxylic acid groups (broad SMARTS) is 1. The zero-order valence-electron chi connectivity index (χ0n) is 10.2. The van der Waals surface area contributed by atoms with Gasteiger partial charge in [-0.1, -0.05) is 6.07 Å². The minimum absolute atomic E-state index is 0.312. The molecule has 0 spiro atoms. The van der Waals surface area contributed by atoms with Gasteiger partial charge in [-0.3, -0.25) is 4.98 Å². The number of carbonyl (C=O) groups is 1.